The van der Waals surface area contributed by atoms with Crippen molar-refractivity contribution in [1.82, 2.24) is 0 Å². The molecule has 0 heterocycles. The van der Waals surface area contributed by atoms with Gasteiger partial charge in [-0.2, -0.15) is 0 Å². The quantitative estimate of drug-likeness (QED) is 0.661. The molecule has 0 bridgehead atoms. The average Bonchev–Trinajstić information content (AvgIpc) is 1.81. The van der Waals surface area contributed by atoms with Gasteiger partial charge in [0.05, 0.1) is 0 Å². The molecule has 2 N–H and O–H groups in total. The minimum Gasteiger partial charge on any atom is -0.511 e. The van der Waals surface area contributed by atoms with E-state index >= 15 is 0 Å². The summed E-state index contributed by atoms with van der Waals surface area (Å²) in [6.45, 7) is 0. The first kappa shape index (κ1) is 9.77. The molecule has 62 valence electrons. The fraction of sp³-hybridized carbons (Fsp3) is 0.333. The van der Waals surface area contributed by atoms with E-state index in [0.29, 0.717) is 4.48 Å². The number of halogens is 3. The van der Waals surface area contributed by atoms with Gasteiger partial charge in [0.25, 0.3) is 0 Å². The maximum absolute atomic E-state index is 9.55. The summed E-state index contributed by atoms with van der Waals surface area (Å²) >= 11 is 9.31. The maximum Gasteiger partial charge on any atom is 0.158 e. The Kier molecular flexibility index (Phi) is 2.84. The normalized spacial score (nSPS) is 38.0. The monoisotopic (exact) mass is 346 g/mol. The second-order valence-corrected chi connectivity index (χ2v) is 5.29. The number of aliphatic hydroxyl groups excluding tert-OH is 1. The van der Waals surface area contributed by atoms with Crippen molar-refractivity contribution in [1.29, 1.82) is 0 Å². The van der Waals surface area contributed by atoms with E-state index in [9.17, 15) is 10.2 Å². The molecule has 0 fully saturated rings. The summed E-state index contributed by atoms with van der Waals surface area (Å²) in [5.74, 6) is 0.0822. The van der Waals surface area contributed by atoms with Crippen LogP contribution in [0.4, 0.5) is 0 Å². The first-order valence-electron chi connectivity index (χ1n) is 2.78. The van der Waals surface area contributed by atoms with E-state index in [-0.39, 0.29) is 5.76 Å². The van der Waals surface area contributed by atoms with Crippen LogP contribution in [0.1, 0.15) is 0 Å². The zero-order valence-electron chi connectivity index (χ0n) is 5.26. The van der Waals surface area contributed by atoms with Crippen molar-refractivity contribution in [2.75, 3.05) is 0 Å². The third-order valence-electron chi connectivity index (χ3n) is 1.24. The zero-order valence-corrected chi connectivity index (χ0v) is 10.0. The van der Waals surface area contributed by atoms with Crippen LogP contribution in [0.5, 0.6) is 0 Å². The summed E-state index contributed by atoms with van der Waals surface area (Å²) in [5.41, 5.74) is 0. The molecule has 0 aromatic rings. The van der Waals surface area contributed by atoms with Gasteiger partial charge in [-0.05, 0) is 28.1 Å². The van der Waals surface area contributed by atoms with E-state index in [0.717, 1.165) is 0 Å². The summed E-state index contributed by atoms with van der Waals surface area (Å²) < 4.78 is -0.574. The minimum atomic E-state index is -1.22. The van der Waals surface area contributed by atoms with E-state index in [1.807, 2.05) is 0 Å². The van der Waals surface area contributed by atoms with Crippen LogP contribution < -0.4 is 0 Å². The van der Waals surface area contributed by atoms with Crippen LogP contribution in [0.3, 0.4) is 0 Å². The van der Waals surface area contributed by atoms with Crippen molar-refractivity contribution >= 4 is 47.8 Å². The van der Waals surface area contributed by atoms with E-state index in [4.69, 9.17) is 0 Å². The van der Waals surface area contributed by atoms with Crippen molar-refractivity contribution in [3.63, 3.8) is 0 Å². The highest BCUT2D eigenvalue weighted by molar-refractivity contribution is 9.13. The molecule has 11 heavy (non-hydrogen) atoms. The van der Waals surface area contributed by atoms with E-state index < -0.39 is 9.34 Å². The van der Waals surface area contributed by atoms with Gasteiger partial charge in [0.2, 0.25) is 0 Å². The largest absolute Gasteiger partial charge is 0.511 e. The van der Waals surface area contributed by atoms with E-state index in [2.05, 4.69) is 47.8 Å². The van der Waals surface area contributed by atoms with Gasteiger partial charge in [0.15, 0.2) is 4.51 Å². The Hall–Kier alpha value is 0.680. The molecule has 0 aromatic carbocycles. The molecular weight excluding hydrogens is 344 g/mol. The van der Waals surface area contributed by atoms with Crippen LogP contribution in [0, 0.1) is 0 Å². The van der Waals surface area contributed by atoms with Gasteiger partial charge >= 0.3 is 0 Å². The number of aliphatic hydroxyl groups is 2. The first-order valence-corrected chi connectivity index (χ1v) is 5.28. The second kappa shape index (κ2) is 3.20. The summed E-state index contributed by atoms with van der Waals surface area (Å²) in [4.78, 5) is -0.503. The number of alkyl halides is 2. The smallest absolute Gasteiger partial charge is 0.158 e. The predicted molar refractivity (Wildman–Crippen MR) is 54.3 cm³/mol. The molecule has 2 unspecified atom stereocenters. The molecule has 0 aromatic heterocycles. The summed E-state index contributed by atoms with van der Waals surface area (Å²) in [5, 5.41) is 18.8. The highest BCUT2D eigenvalue weighted by Gasteiger charge is 2.35. The highest BCUT2D eigenvalue weighted by atomic mass is 79.9. The van der Waals surface area contributed by atoms with Crippen LogP contribution in [-0.4, -0.2) is 19.6 Å². The first-order chi connectivity index (χ1) is 4.93. The molecule has 1 rings (SSSR count). The van der Waals surface area contributed by atoms with Gasteiger partial charge in [-0.15, -0.1) is 0 Å². The standard InChI is InChI=1S/C6H5Br3O2/c7-3-1-4(10)5(8)6(9,11)2-3/h1-2,5,10-11H. The Bertz CT molecular complexity index is 232. The van der Waals surface area contributed by atoms with Gasteiger partial charge in [-0.1, -0.05) is 31.9 Å². The maximum atomic E-state index is 9.55. The van der Waals surface area contributed by atoms with Crippen LogP contribution >= 0.6 is 47.8 Å². The van der Waals surface area contributed by atoms with Gasteiger partial charge < -0.3 is 10.2 Å². The van der Waals surface area contributed by atoms with Crippen molar-refractivity contribution < 1.29 is 10.2 Å². The SMILES string of the molecule is OC1=CC(Br)=CC(O)(Br)C1Br. The molecule has 5 heteroatoms. The topological polar surface area (TPSA) is 40.5 Å². The molecule has 0 saturated carbocycles. The van der Waals surface area contributed by atoms with E-state index in [1.54, 1.807) is 6.08 Å². The Balaban J connectivity index is 3.01. The number of rotatable bonds is 0. The number of allylic oxidation sites excluding steroid dienone is 2. The second-order valence-electron chi connectivity index (χ2n) is 2.19. The van der Waals surface area contributed by atoms with E-state index in [1.165, 1.54) is 6.08 Å². The summed E-state index contributed by atoms with van der Waals surface area (Å²) in [6.07, 6.45) is 3.07. The predicted octanol–water partition coefficient (Wildman–Crippen LogP) is 2.57. The Labute approximate surface area is 89.4 Å². The van der Waals surface area contributed by atoms with Crippen molar-refractivity contribution in [3.05, 3.63) is 22.4 Å². The lowest BCUT2D eigenvalue weighted by molar-refractivity contribution is 0.182. The highest BCUT2D eigenvalue weighted by Crippen LogP contribution is 2.37. The third-order valence-corrected chi connectivity index (χ3v) is 4.17. The third kappa shape index (κ3) is 2.08. The van der Waals surface area contributed by atoms with Gasteiger partial charge in [0, 0.05) is 4.48 Å². The molecule has 1 aliphatic rings. The Morgan fingerprint density at radius 3 is 2.55 bits per heavy atom. The van der Waals surface area contributed by atoms with Crippen LogP contribution in [-0.2, 0) is 0 Å². The molecular formula is C6H5Br3O2. The van der Waals surface area contributed by atoms with Crippen LogP contribution in [0.25, 0.3) is 0 Å². The fourth-order valence-electron chi connectivity index (χ4n) is 0.730. The molecule has 0 amide bonds. The fourth-order valence-corrected chi connectivity index (χ4v) is 2.37. The molecule has 0 spiro atoms. The average molecular weight is 349 g/mol. The van der Waals surface area contributed by atoms with Gasteiger partial charge in [-0.25, -0.2) is 0 Å². The van der Waals surface area contributed by atoms with Gasteiger partial charge in [-0.3, -0.25) is 0 Å². The Morgan fingerprint density at radius 2 is 2.09 bits per heavy atom. The molecule has 1 aliphatic carbocycles. The van der Waals surface area contributed by atoms with Crippen molar-refractivity contribution in [2.45, 2.75) is 9.34 Å². The lowest BCUT2D eigenvalue weighted by Gasteiger charge is -2.26. The molecule has 0 radical (unpaired) electrons. The summed E-state index contributed by atoms with van der Waals surface area (Å²) in [7, 11) is 0. The Morgan fingerprint density at radius 1 is 1.55 bits per heavy atom. The number of hydrogen-bond acceptors (Lipinski definition) is 2. The lowest BCUT2D eigenvalue weighted by Crippen LogP contribution is -2.33. The zero-order chi connectivity index (χ0) is 8.65. The minimum absolute atomic E-state index is 0.0822. The lowest BCUT2D eigenvalue weighted by atomic mass is 10.1. The number of hydrogen-bond donors (Lipinski definition) is 2. The molecule has 0 aliphatic heterocycles. The van der Waals surface area contributed by atoms with Gasteiger partial charge in [0.1, 0.15) is 10.6 Å². The molecule has 2 nitrogen and oxygen atoms in total. The van der Waals surface area contributed by atoms with Crippen LogP contribution in [0.2, 0.25) is 0 Å². The molecule has 2 atom stereocenters. The molecule has 0 saturated heterocycles. The van der Waals surface area contributed by atoms with Crippen LogP contribution in [0.15, 0.2) is 22.4 Å². The van der Waals surface area contributed by atoms with Crippen molar-refractivity contribution in [3.8, 4) is 0 Å². The van der Waals surface area contributed by atoms with Crippen molar-refractivity contribution in [2.24, 2.45) is 0 Å². The summed E-state index contributed by atoms with van der Waals surface area (Å²) in [6, 6.07) is 0.